The fraction of sp³-hybridized carbons (Fsp3) is 0.286. The van der Waals surface area contributed by atoms with Gasteiger partial charge in [0.1, 0.15) is 5.69 Å². The van der Waals surface area contributed by atoms with Crippen LogP contribution in [0.25, 0.3) is 16.8 Å². The van der Waals surface area contributed by atoms with Crippen molar-refractivity contribution in [3.05, 3.63) is 84.0 Å². The molecular weight excluding hydrogens is 426 g/mol. The number of methoxy groups -OCH3 is 2. The van der Waals surface area contributed by atoms with Gasteiger partial charge in [-0.3, -0.25) is 9.36 Å². The molecule has 1 amide bonds. The summed E-state index contributed by atoms with van der Waals surface area (Å²) in [7, 11) is 3.24. The molecule has 6 heteroatoms. The van der Waals surface area contributed by atoms with Crippen LogP contribution >= 0.6 is 0 Å². The van der Waals surface area contributed by atoms with Gasteiger partial charge in [-0.1, -0.05) is 41.5 Å². The van der Waals surface area contributed by atoms with Gasteiger partial charge in [0.15, 0.2) is 11.5 Å². The molecule has 178 valence electrons. The molecular formula is C28H33N3O3. The number of amides is 1. The highest BCUT2D eigenvalue weighted by molar-refractivity contribution is 5.93. The van der Waals surface area contributed by atoms with Crippen molar-refractivity contribution in [2.45, 2.75) is 33.6 Å². The van der Waals surface area contributed by atoms with E-state index < -0.39 is 0 Å². The number of nitrogens with one attached hydrogen (secondary N) is 1. The van der Waals surface area contributed by atoms with Crippen LogP contribution in [-0.4, -0.2) is 36.2 Å². The summed E-state index contributed by atoms with van der Waals surface area (Å²) in [6, 6.07) is 13.8. The molecule has 0 aliphatic heterocycles. The van der Waals surface area contributed by atoms with Crippen molar-refractivity contribution in [1.29, 1.82) is 0 Å². The number of allylic oxidation sites excluding steroid dienone is 3. The summed E-state index contributed by atoms with van der Waals surface area (Å²) >= 11 is 0. The number of benzene rings is 2. The molecule has 0 aliphatic carbocycles. The van der Waals surface area contributed by atoms with Gasteiger partial charge in [0, 0.05) is 12.2 Å². The van der Waals surface area contributed by atoms with Crippen molar-refractivity contribution >= 4 is 5.91 Å². The van der Waals surface area contributed by atoms with Crippen LogP contribution in [0.1, 0.15) is 44.1 Å². The number of rotatable bonds is 10. The summed E-state index contributed by atoms with van der Waals surface area (Å²) in [6.45, 7) is 6.78. The Bertz CT molecular complexity index is 1190. The third-order valence-electron chi connectivity index (χ3n) is 5.52. The van der Waals surface area contributed by atoms with Crippen LogP contribution in [0, 0.1) is 0 Å². The van der Waals surface area contributed by atoms with E-state index >= 15 is 0 Å². The lowest BCUT2D eigenvalue weighted by atomic mass is 10.0. The lowest BCUT2D eigenvalue weighted by molar-refractivity contribution is 0.0951. The molecule has 0 saturated heterocycles. The Morgan fingerprint density at radius 2 is 1.76 bits per heavy atom. The van der Waals surface area contributed by atoms with Crippen LogP contribution in [0.3, 0.4) is 0 Å². The van der Waals surface area contributed by atoms with E-state index in [1.807, 2.05) is 42.5 Å². The maximum absolute atomic E-state index is 12.9. The van der Waals surface area contributed by atoms with Gasteiger partial charge in [-0.25, -0.2) is 4.98 Å². The Morgan fingerprint density at radius 3 is 2.50 bits per heavy atom. The minimum absolute atomic E-state index is 0.164. The molecule has 0 fully saturated rings. The van der Waals surface area contributed by atoms with Crippen LogP contribution in [0.2, 0.25) is 0 Å². The number of carbonyl (C=O) groups excluding carboxylic acids is 1. The summed E-state index contributed by atoms with van der Waals surface area (Å²) in [5, 5.41) is 2.98. The Morgan fingerprint density at radius 1 is 1.00 bits per heavy atom. The average Bonchev–Trinajstić information content (AvgIpc) is 3.33. The third kappa shape index (κ3) is 6.38. The molecule has 0 unspecified atom stereocenters. The molecule has 6 nitrogen and oxygen atoms in total. The van der Waals surface area contributed by atoms with Crippen molar-refractivity contribution in [2.24, 2.45) is 0 Å². The zero-order valence-corrected chi connectivity index (χ0v) is 20.6. The largest absolute Gasteiger partial charge is 0.493 e. The van der Waals surface area contributed by atoms with Crippen molar-refractivity contribution in [3.63, 3.8) is 0 Å². The number of hydrogen-bond donors (Lipinski definition) is 1. The molecule has 34 heavy (non-hydrogen) atoms. The average molecular weight is 460 g/mol. The second kappa shape index (κ2) is 11.9. The zero-order valence-electron chi connectivity index (χ0n) is 20.6. The molecule has 1 aromatic heterocycles. The highest BCUT2D eigenvalue weighted by Gasteiger charge is 2.13. The van der Waals surface area contributed by atoms with Gasteiger partial charge in [-0.05, 0) is 69.0 Å². The van der Waals surface area contributed by atoms with Gasteiger partial charge >= 0.3 is 0 Å². The van der Waals surface area contributed by atoms with Crippen molar-refractivity contribution in [3.8, 4) is 28.3 Å². The van der Waals surface area contributed by atoms with Gasteiger partial charge in [-0.15, -0.1) is 0 Å². The highest BCUT2D eigenvalue weighted by Crippen LogP contribution is 2.33. The van der Waals surface area contributed by atoms with Gasteiger partial charge < -0.3 is 14.8 Å². The predicted molar refractivity (Wildman–Crippen MR) is 137 cm³/mol. The molecule has 0 spiro atoms. The van der Waals surface area contributed by atoms with Gasteiger partial charge in [0.2, 0.25) is 0 Å². The van der Waals surface area contributed by atoms with Crippen molar-refractivity contribution in [2.75, 3.05) is 20.8 Å². The molecule has 2 aromatic carbocycles. The third-order valence-corrected chi connectivity index (χ3v) is 5.52. The van der Waals surface area contributed by atoms with E-state index in [4.69, 9.17) is 9.47 Å². The van der Waals surface area contributed by atoms with Crippen LogP contribution in [-0.2, 0) is 0 Å². The Balaban J connectivity index is 1.74. The first-order chi connectivity index (χ1) is 16.4. The molecule has 3 rings (SSSR count). The summed E-state index contributed by atoms with van der Waals surface area (Å²) in [4.78, 5) is 17.1. The highest BCUT2D eigenvalue weighted by atomic mass is 16.5. The zero-order chi connectivity index (χ0) is 24.5. The Kier molecular flexibility index (Phi) is 8.68. The van der Waals surface area contributed by atoms with E-state index in [1.54, 1.807) is 31.3 Å². The van der Waals surface area contributed by atoms with E-state index in [0.29, 0.717) is 23.7 Å². The molecule has 0 radical (unpaired) electrons. The maximum atomic E-state index is 12.9. The van der Waals surface area contributed by atoms with E-state index in [9.17, 15) is 4.79 Å². The fourth-order valence-electron chi connectivity index (χ4n) is 3.62. The predicted octanol–water partition coefficient (Wildman–Crippen LogP) is 5.98. The summed E-state index contributed by atoms with van der Waals surface area (Å²) in [5.74, 6) is 1.18. The number of nitrogens with zero attached hydrogens (tertiary/aromatic N) is 2. The van der Waals surface area contributed by atoms with Crippen LogP contribution in [0.5, 0.6) is 11.5 Å². The molecule has 0 atom stereocenters. The van der Waals surface area contributed by atoms with E-state index in [2.05, 4.69) is 43.2 Å². The topological polar surface area (TPSA) is 65.4 Å². The number of carbonyl (C=O) groups is 1. The maximum Gasteiger partial charge on any atom is 0.270 e. The lowest BCUT2D eigenvalue weighted by Gasteiger charge is -2.12. The van der Waals surface area contributed by atoms with E-state index in [1.165, 1.54) is 11.1 Å². The van der Waals surface area contributed by atoms with E-state index in [0.717, 1.165) is 29.7 Å². The smallest absolute Gasteiger partial charge is 0.270 e. The first kappa shape index (κ1) is 24.8. The van der Waals surface area contributed by atoms with Crippen molar-refractivity contribution < 1.29 is 14.3 Å². The SMILES string of the molecule is COc1ccc(-c2cccc(-n3cncc3C(=O)NCC=C(C)CCC=C(C)C)c2)cc1OC. The second-order valence-electron chi connectivity index (χ2n) is 8.35. The quantitative estimate of drug-likeness (QED) is 0.379. The first-order valence-corrected chi connectivity index (χ1v) is 11.3. The van der Waals surface area contributed by atoms with Gasteiger partial charge in [-0.2, -0.15) is 0 Å². The van der Waals surface area contributed by atoms with Gasteiger partial charge in [0.05, 0.1) is 26.7 Å². The summed E-state index contributed by atoms with van der Waals surface area (Å²) < 4.78 is 12.6. The minimum atomic E-state index is -0.164. The monoisotopic (exact) mass is 459 g/mol. The standard InChI is InChI=1S/C28H33N3O3/c1-20(2)8-6-9-21(3)14-15-30-28(32)25-18-29-19-31(25)24-11-7-10-22(16-24)23-12-13-26(33-4)27(17-23)34-5/h7-8,10-14,16-19H,6,9,15H2,1-5H3,(H,30,32). The molecule has 3 aromatic rings. The number of hydrogen-bond acceptors (Lipinski definition) is 4. The number of imidazole rings is 1. The fourth-order valence-corrected chi connectivity index (χ4v) is 3.62. The molecule has 0 aliphatic rings. The normalized spacial score (nSPS) is 11.1. The summed E-state index contributed by atoms with van der Waals surface area (Å²) in [5.41, 5.74) is 5.90. The van der Waals surface area contributed by atoms with E-state index in [-0.39, 0.29) is 5.91 Å². The molecule has 1 heterocycles. The van der Waals surface area contributed by atoms with Gasteiger partial charge in [0.25, 0.3) is 5.91 Å². The summed E-state index contributed by atoms with van der Waals surface area (Å²) in [6.07, 6.45) is 9.54. The first-order valence-electron chi connectivity index (χ1n) is 11.3. The molecule has 1 N–H and O–H groups in total. The van der Waals surface area contributed by atoms with Crippen LogP contribution in [0.15, 0.2) is 78.3 Å². The number of aromatic nitrogens is 2. The lowest BCUT2D eigenvalue weighted by Crippen LogP contribution is -2.25. The van der Waals surface area contributed by atoms with Crippen LogP contribution in [0.4, 0.5) is 0 Å². The van der Waals surface area contributed by atoms with Crippen molar-refractivity contribution in [1.82, 2.24) is 14.9 Å². The molecule has 0 bridgehead atoms. The Hall–Kier alpha value is -3.80. The van der Waals surface area contributed by atoms with Crippen LogP contribution < -0.4 is 14.8 Å². The second-order valence-corrected chi connectivity index (χ2v) is 8.35. The number of ether oxygens (including phenoxy) is 2. The Labute approximate surface area is 201 Å². The molecule has 0 saturated carbocycles. The minimum Gasteiger partial charge on any atom is -0.493 e.